The second kappa shape index (κ2) is 6.24. The minimum absolute atomic E-state index is 0.0894. The minimum atomic E-state index is 0.0894. The van der Waals surface area contributed by atoms with E-state index in [-0.39, 0.29) is 5.56 Å². The highest BCUT2D eigenvalue weighted by Crippen LogP contribution is 2.03. The Morgan fingerprint density at radius 2 is 1.94 bits per heavy atom. The number of hydrogen-bond donors (Lipinski definition) is 1. The Morgan fingerprint density at radius 1 is 1.17 bits per heavy atom. The fourth-order valence-electron chi connectivity index (χ4n) is 2.14. The summed E-state index contributed by atoms with van der Waals surface area (Å²) < 4.78 is 1.72. The van der Waals surface area contributed by atoms with Gasteiger partial charge in [0.15, 0.2) is 0 Å². The second-order valence-corrected chi connectivity index (χ2v) is 4.61. The Hall–Kier alpha value is -1.77. The van der Waals surface area contributed by atoms with Crippen LogP contribution in [0.1, 0.15) is 31.0 Å². The van der Waals surface area contributed by atoms with Crippen molar-refractivity contribution >= 4 is 0 Å². The van der Waals surface area contributed by atoms with Crippen LogP contribution >= 0.6 is 0 Å². The van der Waals surface area contributed by atoms with Crippen molar-refractivity contribution in [3.8, 4) is 0 Å². The van der Waals surface area contributed by atoms with E-state index in [9.17, 15) is 4.79 Å². The lowest BCUT2D eigenvalue weighted by molar-refractivity contribution is 0.556. The molecule has 0 saturated heterocycles. The minimum Gasteiger partial charge on any atom is -0.300 e. The Bertz CT molecular complexity index is 525. The smallest absolute Gasteiger partial charge is 0.266 e. The van der Waals surface area contributed by atoms with Crippen molar-refractivity contribution < 1.29 is 0 Å². The first kappa shape index (κ1) is 12.7. The molecule has 0 atom stereocenters. The van der Waals surface area contributed by atoms with E-state index in [0.29, 0.717) is 0 Å². The molecule has 1 heterocycles. The third-order valence-electron chi connectivity index (χ3n) is 3.05. The fraction of sp³-hybridized carbons (Fsp3) is 0.400. The van der Waals surface area contributed by atoms with Crippen LogP contribution in [0.2, 0.25) is 0 Å². The van der Waals surface area contributed by atoms with Gasteiger partial charge in [-0.15, -0.1) is 0 Å². The van der Waals surface area contributed by atoms with Gasteiger partial charge < -0.3 is 0 Å². The van der Waals surface area contributed by atoms with Crippen LogP contribution in [0.25, 0.3) is 0 Å². The zero-order chi connectivity index (χ0) is 12.8. The van der Waals surface area contributed by atoms with Crippen LogP contribution in [0.3, 0.4) is 0 Å². The van der Waals surface area contributed by atoms with Crippen LogP contribution < -0.4 is 5.56 Å². The van der Waals surface area contributed by atoms with E-state index in [4.69, 9.17) is 0 Å². The molecular formula is C15H20N2O. The van der Waals surface area contributed by atoms with Crippen molar-refractivity contribution in [2.75, 3.05) is 0 Å². The van der Waals surface area contributed by atoms with E-state index >= 15 is 0 Å². The molecule has 2 aromatic rings. The molecule has 0 radical (unpaired) electrons. The Kier molecular flexibility index (Phi) is 4.40. The molecule has 1 aromatic heterocycles. The summed E-state index contributed by atoms with van der Waals surface area (Å²) in [5, 5.41) is 3.17. The highest BCUT2D eigenvalue weighted by atomic mass is 16.1. The van der Waals surface area contributed by atoms with Gasteiger partial charge >= 0.3 is 0 Å². The molecule has 2 rings (SSSR count). The Balaban J connectivity index is 1.88. The van der Waals surface area contributed by atoms with E-state index in [1.54, 1.807) is 10.7 Å². The largest absolute Gasteiger partial charge is 0.300 e. The number of aryl methyl sites for hydroxylation is 3. The molecule has 0 amide bonds. The van der Waals surface area contributed by atoms with Crippen LogP contribution in [0.15, 0.2) is 41.2 Å². The van der Waals surface area contributed by atoms with Crippen molar-refractivity contribution in [3.05, 3.63) is 58.0 Å². The van der Waals surface area contributed by atoms with Crippen LogP contribution in [0, 0.1) is 0 Å². The molecule has 96 valence electrons. The van der Waals surface area contributed by atoms with Crippen molar-refractivity contribution in [2.24, 2.45) is 0 Å². The summed E-state index contributed by atoms with van der Waals surface area (Å²) in [7, 11) is 0. The van der Waals surface area contributed by atoms with Gasteiger partial charge in [0, 0.05) is 18.3 Å². The lowest BCUT2D eigenvalue weighted by atomic mass is 10.1. The highest BCUT2D eigenvalue weighted by Gasteiger charge is 2.02. The van der Waals surface area contributed by atoms with E-state index in [0.717, 1.165) is 37.9 Å². The summed E-state index contributed by atoms with van der Waals surface area (Å²) >= 11 is 0. The number of nitrogens with one attached hydrogen (secondary N) is 1. The summed E-state index contributed by atoms with van der Waals surface area (Å²) in [5.74, 6) is 0. The standard InChI is InChI=1S/C15H20N2O/c1-2-7-14-12-15(18)17(16-14)11-6-10-13-8-4-3-5-9-13/h3-5,8-9,12,16H,2,6-7,10-11H2,1H3. The first-order chi connectivity index (χ1) is 8.79. The summed E-state index contributed by atoms with van der Waals surface area (Å²) in [4.78, 5) is 11.7. The van der Waals surface area contributed by atoms with E-state index in [1.807, 2.05) is 6.07 Å². The normalized spacial score (nSPS) is 10.7. The molecule has 0 bridgehead atoms. The molecule has 18 heavy (non-hydrogen) atoms. The Labute approximate surface area is 107 Å². The van der Waals surface area contributed by atoms with Crippen LogP contribution in [0.4, 0.5) is 0 Å². The van der Waals surface area contributed by atoms with Crippen molar-refractivity contribution in [2.45, 2.75) is 39.2 Å². The third-order valence-corrected chi connectivity index (χ3v) is 3.05. The number of hydrogen-bond acceptors (Lipinski definition) is 1. The van der Waals surface area contributed by atoms with Gasteiger partial charge in [-0.25, -0.2) is 0 Å². The maximum absolute atomic E-state index is 11.7. The molecule has 0 unspecified atom stereocenters. The third kappa shape index (κ3) is 3.36. The number of benzene rings is 1. The zero-order valence-corrected chi connectivity index (χ0v) is 10.9. The molecule has 0 aliphatic heterocycles. The average Bonchev–Trinajstić information content (AvgIpc) is 2.72. The molecule has 0 saturated carbocycles. The number of aromatic amines is 1. The first-order valence-electron chi connectivity index (χ1n) is 6.62. The molecule has 0 fully saturated rings. The average molecular weight is 244 g/mol. The maximum atomic E-state index is 11.7. The highest BCUT2D eigenvalue weighted by molar-refractivity contribution is 5.14. The van der Waals surface area contributed by atoms with Gasteiger partial charge in [-0.1, -0.05) is 43.7 Å². The maximum Gasteiger partial charge on any atom is 0.266 e. The van der Waals surface area contributed by atoms with Gasteiger partial charge in [0.1, 0.15) is 0 Å². The topological polar surface area (TPSA) is 37.8 Å². The Morgan fingerprint density at radius 3 is 2.67 bits per heavy atom. The number of H-pyrrole nitrogens is 1. The molecule has 0 aliphatic carbocycles. The molecule has 1 aromatic carbocycles. The molecule has 3 nitrogen and oxygen atoms in total. The predicted octanol–water partition coefficient (Wildman–Crippen LogP) is 2.76. The van der Waals surface area contributed by atoms with Crippen LogP contribution in [-0.2, 0) is 19.4 Å². The number of nitrogens with zero attached hydrogens (tertiary/aromatic N) is 1. The van der Waals surface area contributed by atoms with Gasteiger partial charge in [-0.05, 0) is 24.8 Å². The zero-order valence-electron chi connectivity index (χ0n) is 10.9. The summed E-state index contributed by atoms with van der Waals surface area (Å²) in [5.41, 5.74) is 2.46. The monoisotopic (exact) mass is 244 g/mol. The van der Waals surface area contributed by atoms with E-state index in [1.165, 1.54) is 5.56 Å². The number of rotatable bonds is 6. The molecule has 0 spiro atoms. The first-order valence-corrected chi connectivity index (χ1v) is 6.62. The summed E-state index contributed by atoms with van der Waals surface area (Å²) in [6, 6.07) is 12.1. The lowest BCUT2D eigenvalue weighted by Gasteiger charge is -2.03. The molecule has 3 heteroatoms. The van der Waals surface area contributed by atoms with E-state index < -0.39 is 0 Å². The molecule has 0 aliphatic rings. The second-order valence-electron chi connectivity index (χ2n) is 4.61. The van der Waals surface area contributed by atoms with Crippen LogP contribution in [-0.4, -0.2) is 9.78 Å². The summed E-state index contributed by atoms with van der Waals surface area (Å²) in [6.45, 7) is 2.88. The van der Waals surface area contributed by atoms with Gasteiger partial charge in [-0.2, -0.15) is 0 Å². The van der Waals surface area contributed by atoms with Gasteiger partial charge in [0.05, 0.1) is 0 Å². The summed E-state index contributed by atoms with van der Waals surface area (Å²) in [6.07, 6.45) is 4.00. The fourth-order valence-corrected chi connectivity index (χ4v) is 2.14. The van der Waals surface area contributed by atoms with E-state index in [2.05, 4.69) is 36.3 Å². The van der Waals surface area contributed by atoms with Gasteiger partial charge in [0.25, 0.3) is 5.56 Å². The lowest BCUT2D eigenvalue weighted by Crippen LogP contribution is -2.16. The van der Waals surface area contributed by atoms with Crippen LogP contribution in [0.5, 0.6) is 0 Å². The quantitative estimate of drug-likeness (QED) is 0.833. The number of aromatic nitrogens is 2. The SMILES string of the molecule is CCCc1cc(=O)n(CCCc2ccccc2)[nH]1. The van der Waals surface area contributed by atoms with Gasteiger partial charge in [0.2, 0.25) is 0 Å². The molecule has 1 N–H and O–H groups in total. The van der Waals surface area contributed by atoms with Gasteiger partial charge in [-0.3, -0.25) is 14.6 Å². The van der Waals surface area contributed by atoms with Crippen molar-refractivity contribution in [3.63, 3.8) is 0 Å². The van der Waals surface area contributed by atoms with Crippen molar-refractivity contribution in [1.82, 2.24) is 9.78 Å². The molecular weight excluding hydrogens is 224 g/mol. The predicted molar refractivity (Wildman–Crippen MR) is 73.8 cm³/mol. The van der Waals surface area contributed by atoms with Crippen molar-refractivity contribution in [1.29, 1.82) is 0 Å².